The van der Waals surface area contributed by atoms with Crippen LogP contribution in [-0.4, -0.2) is 38.2 Å². The van der Waals surface area contributed by atoms with Gasteiger partial charge in [-0.25, -0.2) is 0 Å². The zero-order chi connectivity index (χ0) is 11.4. The molecule has 0 atom stereocenters. The minimum Gasteiger partial charge on any atom is -0.497 e. The second-order valence-electron chi connectivity index (χ2n) is 3.27. The van der Waals surface area contributed by atoms with Crippen molar-refractivity contribution in [3.8, 4) is 11.5 Å². The van der Waals surface area contributed by atoms with Crippen LogP contribution in [0.4, 0.5) is 0 Å². The number of hydrogen-bond donors (Lipinski definition) is 0. The summed E-state index contributed by atoms with van der Waals surface area (Å²) >= 11 is 5.28. The molecular weight excluding hydrogens is 210 g/mol. The monoisotopic (exact) mass is 225 g/mol. The van der Waals surface area contributed by atoms with Crippen LogP contribution in [0.5, 0.6) is 11.5 Å². The van der Waals surface area contributed by atoms with E-state index in [2.05, 4.69) is 0 Å². The number of ether oxygens (including phenoxy) is 2. The van der Waals surface area contributed by atoms with Crippen molar-refractivity contribution in [2.24, 2.45) is 0 Å². The van der Waals surface area contributed by atoms with Gasteiger partial charge in [0.2, 0.25) is 0 Å². The molecule has 0 aliphatic rings. The SMILES string of the molecule is COc1ccc(C(=S)N(C)C)c(OC)c1. The van der Waals surface area contributed by atoms with Crippen LogP contribution in [0.2, 0.25) is 0 Å². The Hall–Kier alpha value is -1.29. The number of nitrogens with zero attached hydrogens (tertiary/aromatic N) is 1. The molecule has 1 aromatic carbocycles. The predicted molar refractivity (Wildman–Crippen MR) is 64.9 cm³/mol. The molecule has 0 saturated heterocycles. The average Bonchev–Trinajstić information content (AvgIpc) is 2.27. The van der Waals surface area contributed by atoms with E-state index in [1.807, 2.05) is 37.2 Å². The van der Waals surface area contributed by atoms with Crippen LogP contribution in [0, 0.1) is 0 Å². The fraction of sp³-hybridized carbons (Fsp3) is 0.364. The van der Waals surface area contributed by atoms with Crippen molar-refractivity contribution in [2.45, 2.75) is 0 Å². The number of methoxy groups -OCH3 is 2. The number of benzene rings is 1. The van der Waals surface area contributed by atoms with E-state index in [4.69, 9.17) is 21.7 Å². The molecule has 0 radical (unpaired) electrons. The standard InChI is InChI=1S/C11H15NO2S/c1-12(2)11(15)9-6-5-8(13-3)7-10(9)14-4/h5-7H,1-4H3. The van der Waals surface area contributed by atoms with E-state index in [0.29, 0.717) is 0 Å². The van der Waals surface area contributed by atoms with Gasteiger partial charge in [-0.2, -0.15) is 0 Å². The second-order valence-corrected chi connectivity index (χ2v) is 3.65. The lowest BCUT2D eigenvalue weighted by Crippen LogP contribution is -2.21. The second kappa shape index (κ2) is 4.98. The first-order valence-corrected chi connectivity index (χ1v) is 4.94. The van der Waals surface area contributed by atoms with Crippen LogP contribution in [-0.2, 0) is 0 Å². The maximum Gasteiger partial charge on any atom is 0.132 e. The third-order valence-electron chi connectivity index (χ3n) is 2.05. The lowest BCUT2D eigenvalue weighted by Gasteiger charge is -2.16. The van der Waals surface area contributed by atoms with Gasteiger partial charge in [0.05, 0.1) is 19.8 Å². The number of hydrogen-bond acceptors (Lipinski definition) is 3. The summed E-state index contributed by atoms with van der Waals surface area (Å²) in [6, 6.07) is 5.60. The largest absolute Gasteiger partial charge is 0.497 e. The summed E-state index contributed by atoms with van der Waals surface area (Å²) < 4.78 is 10.4. The predicted octanol–water partition coefficient (Wildman–Crippen LogP) is 1.94. The van der Waals surface area contributed by atoms with E-state index >= 15 is 0 Å². The molecule has 1 rings (SSSR count). The van der Waals surface area contributed by atoms with Crippen molar-refractivity contribution in [2.75, 3.05) is 28.3 Å². The van der Waals surface area contributed by atoms with Gasteiger partial charge < -0.3 is 14.4 Å². The molecule has 0 bridgehead atoms. The van der Waals surface area contributed by atoms with Gasteiger partial charge in [-0.1, -0.05) is 12.2 Å². The highest BCUT2D eigenvalue weighted by Crippen LogP contribution is 2.25. The van der Waals surface area contributed by atoms with Crippen molar-refractivity contribution >= 4 is 17.2 Å². The maximum atomic E-state index is 5.28. The van der Waals surface area contributed by atoms with Crippen LogP contribution in [0.15, 0.2) is 18.2 Å². The Bertz CT molecular complexity index is 364. The Labute approximate surface area is 95.6 Å². The fourth-order valence-corrected chi connectivity index (χ4v) is 1.38. The van der Waals surface area contributed by atoms with E-state index in [0.717, 1.165) is 22.1 Å². The molecule has 82 valence electrons. The van der Waals surface area contributed by atoms with E-state index < -0.39 is 0 Å². The quantitative estimate of drug-likeness (QED) is 0.733. The minimum atomic E-state index is 0.730. The van der Waals surface area contributed by atoms with Crippen molar-refractivity contribution in [1.29, 1.82) is 0 Å². The van der Waals surface area contributed by atoms with E-state index in [1.165, 1.54) is 0 Å². The summed E-state index contributed by atoms with van der Waals surface area (Å²) in [6.45, 7) is 0. The number of thiocarbonyl (C=S) groups is 1. The summed E-state index contributed by atoms with van der Waals surface area (Å²) in [5, 5.41) is 0. The Morgan fingerprint density at radius 1 is 1.20 bits per heavy atom. The lowest BCUT2D eigenvalue weighted by molar-refractivity contribution is 0.393. The Balaban J connectivity index is 3.13. The van der Waals surface area contributed by atoms with Gasteiger partial charge in [-0.3, -0.25) is 0 Å². The number of rotatable bonds is 3. The molecule has 4 heteroatoms. The van der Waals surface area contributed by atoms with Gasteiger partial charge in [0, 0.05) is 20.2 Å². The molecule has 0 aliphatic carbocycles. The highest BCUT2D eigenvalue weighted by Gasteiger charge is 2.10. The molecule has 0 aliphatic heterocycles. The molecule has 0 saturated carbocycles. The van der Waals surface area contributed by atoms with Crippen molar-refractivity contribution in [3.05, 3.63) is 23.8 Å². The van der Waals surface area contributed by atoms with Crippen LogP contribution in [0.1, 0.15) is 5.56 Å². The van der Waals surface area contributed by atoms with Crippen molar-refractivity contribution in [3.63, 3.8) is 0 Å². The maximum absolute atomic E-state index is 5.28. The van der Waals surface area contributed by atoms with Gasteiger partial charge in [-0.05, 0) is 12.1 Å². The third kappa shape index (κ3) is 2.59. The molecule has 0 N–H and O–H groups in total. The first-order valence-electron chi connectivity index (χ1n) is 4.53. The Kier molecular flexibility index (Phi) is 3.91. The molecule has 1 aromatic rings. The van der Waals surface area contributed by atoms with Crippen LogP contribution < -0.4 is 9.47 Å². The fourth-order valence-electron chi connectivity index (χ4n) is 1.22. The zero-order valence-electron chi connectivity index (χ0n) is 9.40. The highest BCUT2D eigenvalue weighted by atomic mass is 32.1. The van der Waals surface area contributed by atoms with Gasteiger partial charge in [0.1, 0.15) is 16.5 Å². The Morgan fingerprint density at radius 2 is 1.87 bits per heavy atom. The average molecular weight is 225 g/mol. The molecular formula is C11H15NO2S. The van der Waals surface area contributed by atoms with Crippen LogP contribution in [0.3, 0.4) is 0 Å². The summed E-state index contributed by atoms with van der Waals surface area (Å²) in [4.78, 5) is 2.62. The highest BCUT2D eigenvalue weighted by molar-refractivity contribution is 7.80. The van der Waals surface area contributed by atoms with E-state index in [1.54, 1.807) is 14.2 Å². The van der Waals surface area contributed by atoms with Crippen LogP contribution >= 0.6 is 12.2 Å². The molecule has 0 heterocycles. The first kappa shape index (κ1) is 11.8. The summed E-state index contributed by atoms with van der Waals surface area (Å²) in [5.74, 6) is 1.49. The molecule has 0 aromatic heterocycles. The molecule has 0 spiro atoms. The van der Waals surface area contributed by atoms with Gasteiger partial charge >= 0.3 is 0 Å². The van der Waals surface area contributed by atoms with Gasteiger partial charge in [-0.15, -0.1) is 0 Å². The van der Waals surface area contributed by atoms with E-state index in [9.17, 15) is 0 Å². The summed E-state index contributed by atoms with van der Waals surface area (Å²) in [7, 11) is 7.06. The summed E-state index contributed by atoms with van der Waals surface area (Å²) in [6.07, 6.45) is 0. The topological polar surface area (TPSA) is 21.7 Å². The van der Waals surface area contributed by atoms with E-state index in [-0.39, 0.29) is 0 Å². The Morgan fingerprint density at radius 3 is 2.33 bits per heavy atom. The molecule has 0 fully saturated rings. The summed E-state index contributed by atoms with van der Waals surface area (Å²) in [5.41, 5.74) is 0.901. The molecule has 15 heavy (non-hydrogen) atoms. The molecule has 0 amide bonds. The third-order valence-corrected chi connectivity index (χ3v) is 2.63. The smallest absolute Gasteiger partial charge is 0.132 e. The lowest BCUT2D eigenvalue weighted by atomic mass is 10.2. The van der Waals surface area contributed by atoms with Crippen molar-refractivity contribution < 1.29 is 9.47 Å². The molecule has 3 nitrogen and oxygen atoms in total. The molecule has 0 unspecified atom stereocenters. The van der Waals surface area contributed by atoms with Crippen molar-refractivity contribution in [1.82, 2.24) is 4.90 Å². The minimum absolute atomic E-state index is 0.730. The first-order chi connectivity index (χ1) is 7.10. The normalized spacial score (nSPS) is 9.60. The van der Waals surface area contributed by atoms with Gasteiger partial charge in [0.15, 0.2) is 0 Å². The van der Waals surface area contributed by atoms with Gasteiger partial charge in [0.25, 0.3) is 0 Å². The zero-order valence-corrected chi connectivity index (χ0v) is 10.2. The van der Waals surface area contributed by atoms with Crippen LogP contribution in [0.25, 0.3) is 0 Å².